The molecule has 0 atom stereocenters. The van der Waals surface area contributed by atoms with E-state index in [9.17, 15) is 9.18 Å². The van der Waals surface area contributed by atoms with Crippen molar-refractivity contribution in [3.05, 3.63) is 83.3 Å². The van der Waals surface area contributed by atoms with Crippen LogP contribution in [0.15, 0.2) is 66.9 Å². The summed E-state index contributed by atoms with van der Waals surface area (Å²) < 4.78 is 31.4. The van der Waals surface area contributed by atoms with Gasteiger partial charge in [0, 0.05) is 34.4 Å². The summed E-state index contributed by atoms with van der Waals surface area (Å²) in [5, 5.41) is 6.49. The lowest BCUT2D eigenvalue weighted by atomic mass is 10.1. The molecule has 3 aromatic carbocycles. The fourth-order valence-corrected chi connectivity index (χ4v) is 3.90. The molecule has 0 aliphatic carbocycles. The maximum absolute atomic E-state index is 14.9. The lowest BCUT2D eigenvalue weighted by Crippen LogP contribution is -2.35. The molecular formula is C26H21ClFN3O4S. The van der Waals surface area contributed by atoms with Crippen molar-refractivity contribution in [2.24, 2.45) is 0 Å². The Kier molecular flexibility index (Phi) is 7.82. The van der Waals surface area contributed by atoms with Gasteiger partial charge in [-0.15, -0.1) is 0 Å². The summed E-state index contributed by atoms with van der Waals surface area (Å²) >= 11 is 11.3. The Balaban J connectivity index is 1.45. The highest BCUT2D eigenvalue weighted by molar-refractivity contribution is 7.80. The van der Waals surface area contributed by atoms with Crippen LogP contribution < -0.4 is 24.8 Å². The first-order valence-corrected chi connectivity index (χ1v) is 11.5. The zero-order chi connectivity index (χ0) is 25.7. The number of amides is 1. The van der Waals surface area contributed by atoms with Gasteiger partial charge in [-0.1, -0.05) is 29.8 Å². The normalized spacial score (nSPS) is 10.6. The monoisotopic (exact) mass is 525 g/mol. The van der Waals surface area contributed by atoms with Crippen molar-refractivity contribution in [2.45, 2.75) is 6.42 Å². The summed E-state index contributed by atoms with van der Waals surface area (Å²) in [4.78, 5) is 16.6. The molecule has 1 amide bonds. The molecule has 1 aromatic heterocycles. The van der Waals surface area contributed by atoms with Crippen molar-refractivity contribution in [3.63, 3.8) is 0 Å². The molecule has 4 rings (SSSR count). The Hall–Kier alpha value is -3.95. The van der Waals surface area contributed by atoms with E-state index < -0.39 is 5.82 Å². The Labute approximate surface area is 217 Å². The number of carbonyl (C=O) groups is 1. The van der Waals surface area contributed by atoms with Crippen molar-refractivity contribution in [1.29, 1.82) is 0 Å². The number of rotatable bonds is 7. The van der Waals surface area contributed by atoms with E-state index in [4.69, 9.17) is 38.0 Å². The number of fused-ring (bicyclic) bond motifs is 1. The molecule has 0 aliphatic heterocycles. The Morgan fingerprint density at radius 2 is 1.75 bits per heavy atom. The van der Waals surface area contributed by atoms with Crippen LogP contribution in [0.2, 0.25) is 5.02 Å². The number of ether oxygens (including phenoxy) is 3. The molecule has 0 radical (unpaired) electrons. The lowest BCUT2D eigenvalue weighted by molar-refractivity contribution is -0.119. The average molecular weight is 526 g/mol. The van der Waals surface area contributed by atoms with E-state index in [2.05, 4.69) is 15.6 Å². The highest BCUT2D eigenvalue weighted by Crippen LogP contribution is 2.37. The quantitative estimate of drug-likeness (QED) is 0.291. The maximum Gasteiger partial charge on any atom is 0.230 e. The molecule has 0 spiro atoms. The Morgan fingerprint density at radius 3 is 2.47 bits per heavy atom. The van der Waals surface area contributed by atoms with E-state index >= 15 is 0 Å². The van der Waals surface area contributed by atoms with Crippen LogP contribution in [0, 0.1) is 5.82 Å². The van der Waals surface area contributed by atoms with Gasteiger partial charge >= 0.3 is 0 Å². The molecule has 0 bridgehead atoms. The van der Waals surface area contributed by atoms with E-state index in [1.165, 1.54) is 26.4 Å². The van der Waals surface area contributed by atoms with Crippen LogP contribution in [-0.2, 0) is 11.2 Å². The average Bonchev–Trinajstić information content (AvgIpc) is 2.86. The zero-order valence-corrected chi connectivity index (χ0v) is 20.9. The summed E-state index contributed by atoms with van der Waals surface area (Å²) in [6.07, 6.45) is 1.61. The molecule has 0 aliphatic rings. The van der Waals surface area contributed by atoms with Gasteiger partial charge in [-0.05, 0) is 48.1 Å². The van der Waals surface area contributed by atoms with Crippen molar-refractivity contribution in [1.82, 2.24) is 10.3 Å². The molecule has 2 N–H and O–H groups in total. The van der Waals surface area contributed by atoms with Crippen molar-refractivity contribution in [2.75, 3.05) is 19.5 Å². The van der Waals surface area contributed by atoms with Crippen LogP contribution in [0.4, 0.5) is 10.1 Å². The summed E-state index contributed by atoms with van der Waals surface area (Å²) in [6.45, 7) is 0. The van der Waals surface area contributed by atoms with Gasteiger partial charge in [0.15, 0.2) is 28.2 Å². The molecule has 0 unspecified atom stereocenters. The van der Waals surface area contributed by atoms with Gasteiger partial charge in [-0.2, -0.15) is 0 Å². The van der Waals surface area contributed by atoms with Crippen LogP contribution in [0.5, 0.6) is 23.0 Å². The van der Waals surface area contributed by atoms with E-state index in [0.717, 1.165) is 0 Å². The van der Waals surface area contributed by atoms with E-state index in [-0.39, 0.29) is 23.2 Å². The number of thiocarbonyl (C=S) groups is 1. The topological polar surface area (TPSA) is 81.7 Å². The predicted octanol–water partition coefficient (Wildman–Crippen LogP) is 5.89. The minimum Gasteiger partial charge on any atom is -0.493 e. The number of methoxy groups -OCH3 is 2. The molecule has 1 heterocycles. The second kappa shape index (κ2) is 11.2. The molecule has 0 saturated heterocycles. The van der Waals surface area contributed by atoms with Gasteiger partial charge in [0.2, 0.25) is 5.91 Å². The largest absolute Gasteiger partial charge is 0.493 e. The van der Waals surface area contributed by atoms with Gasteiger partial charge < -0.3 is 24.8 Å². The molecule has 0 fully saturated rings. The Bertz CT molecular complexity index is 1450. The highest BCUT2D eigenvalue weighted by atomic mass is 35.5. The second-order valence-electron chi connectivity index (χ2n) is 7.55. The Morgan fingerprint density at radius 1 is 1.00 bits per heavy atom. The summed E-state index contributed by atoms with van der Waals surface area (Å²) in [7, 11) is 3.06. The number of pyridine rings is 1. The number of hydrogen-bond donors (Lipinski definition) is 2. The number of aromatic nitrogens is 1. The fraction of sp³-hybridized carbons (Fsp3) is 0.115. The number of nitrogens with one attached hydrogen (secondary N) is 2. The predicted molar refractivity (Wildman–Crippen MR) is 141 cm³/mol. The van der Waals surface area contributed by atoms with Crippen LogP contribution in [0.3, 0.4) is 0 Å². The number of hydrogen-bond acceptors (Lipinski definition) is 6. The SMILES string of the molecule is COc1cc2nccc(Oc3ccc(NC(=S)NC(=O)Cc4ccccc4Cl)cc3F)c2cc1OC. The van der Waals surface area contributed by atoms with Crippen molar-refractivity contribution in [3.8, 4) is 23.0 Å². The first kappa shape index (κ1) is 25.2. The number of anilines is 1. The first-order chi connectivity index (χ1) is 17.4. The number of halogens is 2. The standard InChI is InChI=1S/C26H21ClFN3O4S/c1-33-23-13-17-20(14-24(23)34-2)29-10-9-21(17)35-22-8-7-16(12-19(22)28)30-26(36)31-25(32)11-15-5-3-4-6-18(15)27/h3-10,12-14H,11H2,1-2H3,(H2,30,31,32,36). The summed E-state index contributed by atoms with van der Waals surface area (Å²) in [6, 6.07) is 16.3. The zero-order valence-electron chi connectivity index (χ0n) is 19.3. The number of nitrogens with zero attached hydrogens (tertiary/aromatic N) is 1. The third-order valence-electron chi connectivity index (χ3n) is 5.18. The molecule has 4 aromatic rings. The molecule has 184 valence electrons. The van der Waals surface area contributed by atoms with Crippen LogP contribution in [0.1, 0.15) is 5.56 Å². The molecule has 36 heavy (non-hydrogen) atoms. The summed E-state index contributed by atoms with van der Waals surface area (Å²) in [5.41, 5.74) is 1.61. The third kappa shape index (κ3) is 5.81. The van der Waals surface area contributed by atoms with Crippen LogP contribution in [0.25, 0.3) is 10.9 Å². The molecule has 7 nitrogen and oxygen atoms in total. The fourth-order valence-electron chi connectivity index (χ4n) is 3.46. The molecule has 0 saturated carbocycles. The van der Waals surface area contributed by atoms with Crippen molar-refractivity contribution >= 4 is 51.4 Å². The summed E-state index contributed by atoms with van der Waals surface area (Å²) in [5.74, 6) is 0.423. The lowest BCUT2D eigenvalue weighted by Gasteiger charge is -2.14. The third-order valence-corrected chi connectivity index (χ3v) is 5.75. The highest BCUT2D eigenvalue weighted by Gasteiger charge is 2.14. The van der Waals surface area contributed by atoms with Crippen LogP contribution in [-0.4, -0.2) is 30.2 Å². The smallest absolute Gasteiger partial charge is 0.230 e. The second-order valence-corrected chi connectivity index (χ2v) is 8.37. The van der Waals surface area contributed by atoms with Gasteiger partial charge in [-0.25, -0.2) is 4.39 Å². The van der Waals surface area contributed by atoms with Crippen LogP contribution >= 0.6 is 23.8 Å². The number of carbonyl (C=O) groups excluding carboxylic acids is 1. The van der Waals surface area contributed by atoms with E-state index in [1.807, 2.05) is 0 Å². The first-order valence-electron chi connectivity index (χ1n) is 10.7. The minimum atomic E-state index is -0.629. The molecule has 10 heteroatoms. The van der Waals surface area contributed by atoms with Gasteiger partial charge in [-0.3, -0.25) is 9.78 Å². The molecular weight excluding hydrogens is 505 g/mol. The van der Waals surface area contributed by atoms with Gasteiger partial charge in [0.05, 0.1) is 26.2 Å². The van der Waals surface area contributed by atoms with Crippen molar-refractivity contribution < 1.29 is 23.4 Å². The van der Waals surface area contributed by atoms with Gasteiger partial charge in [0.1, 0.15) is 5.75 Å². The maximum atomic E-state index is 14.9. The van der Waals surface area contributed by atoms with E-state index in [0.29, 0.717) is 44.4 Å². The van der Waals surface area contributed by atoms with Gasteiger partial charge in [0.25, 0.3) is 0 Å². The number of benzene rings is 3. The van der Waals surface area contributed by atoms with E-state index in [1.54, 1.807) is 54.7 Å². The minimum absolute atomic E-state index is 0.00323.